The van der Waals surface area contributed by atoms with E-state index in [4.69, 9.17) is 11.6 Å². The molecule has 0 saturated carbocycles. The fourth-order valence-electron chi connectivity index (χ4n) is 2.36. The molecule has 0 spiro atoms. The molecule has 1 aromatic heterocycles. The molecule has 1 saturated heterocycles. The number of carbonyl (C=O) groups excluding carboxylic acids is 2. The van der Waals surface area contributed by atoms with Gasteiger partial charge in [-0.2, -0.15) is 0 Å². The lowest BCUT2D eigenvalue weighted by Crippen LogP contribution is -2.39. The van der Waals surface area contributed by atoms with Crippen molar-refractivity contribution in [3.8, 4) is 0 Å². The van der Waals surface area contributed by atoms with Crippen LogP contribution >= 0.6 is 11.6 Å². The molecule has 0 aromatic carbocycles. The van der Waals surface area contributed by atoms with Gasteiger partial charge in [0.15, 0.2) is 6.29 Å². The topological polar surface area (TPSA) is 75.2 Å². The Morgan fingerprint density at radius 2 is 2.20 bits per heavy atom. The molecule has 0 bridgehead atoms. The Morgan fingerprint density at radius 3 is 2.80 bits per heavy atom. The van der Waals surface area contributed by atoms with Crippen molar-refractivity contribution in [3.05, 3.63) is 17.0 Å². The number of halogens is 1. The normalized spacial score (nSPS) is 16.0. The third kappa shape index (κ3) is 3.45. The summed E-state index contributed by atoms with van der Waals surface area (Å²) in [7, 11) is 0. The van der Waals surface area contributed by atoms with Crippen LogP contribution in [0.3, 0.4) is 0 Å². The van der Waals surface area contributed by atoms with Gasteiger partial charge in [-0.05, 0) is 18.8 Å². The summed E-state index contributed by atoms with van der Waals surface area (Å²) < 4.78 is 0. The second-order valence-electron chi connectivity index (χ2n) is 4.89. The van der Waals surface area contributed by atoms with E-state index in [9.17, 15) is 9.59 Å². The molecule has 1 aromatic rings. The summed E-state index contributed by atoms with van der Waals surface area (Å²) in [4.78, 5) is 32.0. The molecule has 2 rings (SSSR count). The number of anilines is 1. The highest BCUT2D eigenvalue weighted by atomic mass is 35.5. The van der Waals surface area contributed by atoms with E-state index in [0.29, 0.717) is 30.1 Å². The summed E-state index contributed by atoms with van der Waals surface area (Å²) in [6.45, 7) is 3.81. The molecule has 0 radical (unpaired) electrons. The fourth-order valence-corrected chi connectivity index (χ4v) is 2.53. The second-order valence-corrected chi connectivity index (χ2v) is 5.25. The lowest BCUT2D eigenvalue weighted by Gasteiger charge is -2.33. The van der Waals surface area contributed by atoms with Crippen molar-refractivity contribution in [1.29, 1.82) is 0 Å². The van der Waals surface area contributed by atoms with Crippen LogP contribution in [0, 0.1) is 5.92 Å². The van der Waals surface area contributed by atoms with Crippen LogP contribution in [-0.2, 0) is 4.79 Å². The number of rotatable bonds is 4. The zero-order chi connectivity index (χ0) is 14.5. The van der Waals surface area contributed by atoms with Crippen LogP contribution in [0.5, 0.6) is 0 Å². The van der Waals surface area contributed by atoms with Crippen molar-refractivity contribution < 1.29 is 9.59 Å². The monoisotopic (exact) mass is 296 g/mol. The highest BCUT2D eigenvalue weighted by molar-refractivity contribution is 6.32. The Hall–Kier alpha value is -1.69. The summed E-state index contributed by atoms with van der Waals surface area (Å²) in [5, 5.41) is 3.03. The summed E-state index contributed by atoms with van der Waals surface area (Å²) in [5.41, 5.74) is 0.342. The van der Waals surface area contributed by atoms with Gasteiger partial charge in [0, 0.05) is 26.6 Å². The minimum atomic E-state index is -0.00162. The van der Waals surface area contributed by atoms with Crippen molar-refractivity contribution in [2.45, 2.75) is 19.8 Å². The molecular formula is C13H17ClN4O2. The summed E-state index contributed by atoms with van der Waals surface area (Å²) >= 11 is 5.91. The molecule has 0 aliphatic carbocycles. The van der Waals surface area contributed by atoms with Gasteiger partial charge < -0.3 is 10.2 Å². The van der Waals surface area contributed by atoms with Crippen molar-refractivity contribution in [2.75, 3.05) is 24.5 Å². The van der Waals surface area contributed by atoms with Crippen molar-refractivity contribution in [2.24, 2.45) is 5.92 Å². The first kappa shape index (κ1) is 14.7. The summed E-state index contributed by atoms with van der Waals surface area (Å²) in [5.74, 6) is 1.06. The van der Waals surface area contributed by atoms with Crippen LogP contribution in [0.4, 0.5) is 5.82 Å². The highest BCUT2D eigenvalue weighted by Crippen LogP contribution is 2.26. The molecule has 1 fully saturated rings. The smallest absolute Gasteiger partial charge is 0.216 e. The number of aldehydes is 1. The number of amides is 1. The number of aromatic nitrogens is 2. The number of nitrogens with one attached hydrogen (secondary N) is 1. The largest absolute Gasteiger partial charge is 0.356 e. The Morgan fingerprint density at radius 1 is 1.50 bits per heavy atom. The standard InChI is InChI=1S/C13H17ClN4O2/c1-9(20)15-6-10-2-4-18(5-3-10)13-11(7-19)12(14)16-8-17-13/h7-8,10H,2-6H2,1H3,(H,15,20). The first-order valence-electron chi connectivity index (χ1n) is 6.57. The Labute approximate surface area is 122 Å². The van der Waals surface area contributed by atoms with Crippen LogP contribution in [0.2, 0.25) is 5.15 Å². The molecular weight excluding hydrogens is 280 g/mol. The lowest BCUT2D eigenvalue weighted by molar-refractivity contribution is -0.119. The van der Waals surface area contributed by atoms with E-state index >= 15 is 0 Å². The fraction of sp³-hybridized carbons (Fsp3) is 0.538. The Kier molecular flexibility index (Phi) is 4.89. The first-order valence-corrected chi connectivity index (χ1v) is 6.94. The lowest BCUT2D eigenvalue weighted by atomic mass is 9.96. The van der Waals surface area contributed by atoms with E-state index in [1.54, 1.807) is 0 Å². The molecule has 0 atom stereocenters. The second kappa shape index (κ2) is 6.65. The number of hydrogen-bond acceptors (Lipinski definition) is 5. The molecule has 1 aliphatic heterocycles. The number of piperidine rings is 1. The zero-order valence-electron chi connectivity index (χ0n) is 11.3. The van der Waals surface area contributed by atoms with E-state index in [1.807, 2.05) is 4.90 Å². The summed E-state index contributed by atoms with van der Waals surface area (Å²) in [6, 6.07) is 0. The summed E-state index contributed by atoms with van der Waals surface area (Å²) in [6.07, 6.45) is 3.95. The van der Waals surface area contributed by atoms with E-state index in [0.717, 1.165) is 25.9 Å². The number of hydrogen-bond donors (Lipinski definition) is 1. The highest BCUT2D eigenvalue weighted by Gasteiger charge is 2.23. The van der Waals surface area contributed by atoms with Crippen LogP contribution in [-0.4, -0.2) is 41.8 Å². The molecule has 0 unspecified atom stereocenters. The molecule has 1 aliphatic rings. The predicted octanol–water partition coefficient (Wildman–Crippen LogP) is 1.29. The quantitative estimate of drug-likeness (QED) is 0.669. The van der Waals surface area contributed by atoms with Crippen LogP contribution < -0.4 is 10.2 Å². The maximum Gasteiger partial charge on any atom is 0.216 e. The third-order valence-electron chi connectivity index (χ3n) is 3.49. The van der Waals surface area contributed by atoms with E-state index in [2.05, 4.69) is 15.3 Å². The molecule has 6 nitrogen and oxygen atoms in total. The van der Waals surface area contributed by atoms with Gasteiger partial charge in [-0.3, -0.25) is 9.59 Å². The number of nitrogens with zero attached hydrogens (tertiary/aromatic N) is 3. The molecule has 1 N–H and O–H groups in total. The predicted molar refractivity (Wildman–Crippen MR) is 76.1 cm³/mol. The maximum atomic E-state index is 11.1. The van der Waals surface area contributed by atoms with Crippen molar-refractivity contribution in [1.82, 2.24) is 15.3 Å². The van der Waals surface area contributed by atoms with Gasteiger partial charge in [-0.15, -0.1) is 0 Å². The van der Waals surface area contributed by atoms with E-state index in [1.165, 1.54) is 13.3 Å². The molecule has 7 heteroatoms. The van der Waals surface area contributed by atoms with Gasteiger partial charge in [-0.25, -0.2) is 9.97 Å². The maximum absolute atomic E-state index is 11.1. The van der Waals surface area contributed by atoms with Gasteiger partial charge >= 0.3 is 0 Å². The van der Waals surface area contributed by atoms with Crippen LogP contribution in [0.15, 0.2) is 6.33 Å². The van der Waals surface area contributed by atoms with Crippen LogP contribution in [0.1, 0.15) is 30.1 Å². The van der Waals surface area contributed by atoms with Crippen LogP contribution in [0.25, 0.3) is 0 Å². The Bertz CT molecular complexity index is 501. The number of carbonyl (C=O) groups is 2. The van der Waals surface area contributed by atoms with Gasteiger partial charge in [0.2, 0.25) is 5.91 Å². The van der Waals surface area contributed by atoms with E-state index < -0.39 is 0 Å². The molecule has 2 heterocycles. The van der Waals surface area contributed by atoms with Gasteiger partial charge in [-0.1, -0.05) is 11.6 Å². The average Bonchev–Trinajstić information content (AvgIpc) is 2.45. The van der Waals surface area contributed by atoms with Gasteiger partial charge in [0.1, 0.15) is 17.3 Å². The SMILES string of the molecule is CC(=O)NCC1CCN(c2ncnc(Cl)c2C=O)CC1. The van der Waals surface area contributed by atoms with E-state index in [-0.39, 0.29) is 11.1 Å². The van der Waals surface area contributed by atoms with Gasteiger partial charge in [0.05, 0.1) is 5.56 Å². The molecule has 20 heavy (non-hydrogen) atoms. The zero-order valence-corrected chi connectivity index (χ0v) is 12.1. The minimum Gasteiger partial charge on any atom is -0.356 e. The van der Waals surface area contributed by atoms with Crippen molar-refractivity contribution in [3.63, 3.8) is 0 Å². The average molecular weight is 297 g/mol. The minimum absolute atomic E-state index is 0.00162. The van der Waals surface area contributed by atoms with Crippen molar-refractivity contribution >= 4 is 29.6 Å². The molecule has 108 valence electrons. The van der Waals surface area contributed by atoms with Gasteiger partial charge in [0.25, 0.3) is 0 Å². The first-order chi connectivity index (χ1) is 9.61. The Balaban J connectivity index is 1.99. The third-order valence-corrected chi connectivity index (χ3v) is 3.79. The molecule has 1 amide bonds.